The third kappa shape index (κ3) is 2.26. The van der Waals surface area contributed by atoms with Crippen molar-refractivity contribution in [3.63, 3.8) is 0 Å². The van der Waals surface area contributed by atoms with Crippen molar-refractivity contribution in [2.75, 3.05) is 39.1 Å². The summed E-state index contributed by atoms with van der Waals surface area (Å²) in [5.74, 6) is 0. The van der Waals surface area contributed by atoms with Gasteiger partial charge in [-0.25, -0.2) is 0 Å². The summed E-state index contributed by atoms with van der Waals surface area (Å²) < 4.78 is 1.02. The van der Waals surface area contributed by atoms with Gasteiger partial charge in [0, 0.05) is 17.1 Å². The van der Waals surface area contributed by atoms with Crippen molar-refractivity contribution in [1.82, 2.24) is 0 Å². The molecule has 0 spiro atoms. The molecule has 18 heavy (non-hydrogen) atoms. The SMILES string of the molecule is CC1N(CC[N+](C)(C)C)c2ccccc2C1(C)C. The number of fused-ring (bicyclic) bond motifs is 1. The van der Waals surface area contributed by atoms with Gasteiger partial charge in [0.1, 0.15) is 0 Å². The highest BCUT2D eigenvalue weighted by Crippen LogP contribution is 2.44. The summed E-state index contributed by atoms with van der Waals surface area (Å²) in [6.45, 7) is 9.39. The molecule has 2 heteroatoms. The molecule has 1 aliphatic rings. The van der Waals surface area contributed by atoms with Gasteiger partial charge >= 0.3 is 0 Å². The third-order valence-electron chi connectivity index (χ3n) is 4.43. The number of hydrogen-bond donors (Lipinski definition) is 0. The molecule has 0 aromatic heterocycles. The maximum absolute atomic E-state index is 2.58. The molecule has 0 aliphatic carbocycles. The second-order valence-electron chi connectivity index (χ2n) is 7.12. The van der Waals surface area contributed by atoms with Crippen LogP contribution in [0.4, 0.5) is 5.69 Å². The van der Waals surface area contributed by atoms with Gasteiger partial charge in [0.2, 0.25) is 0 Å². The van der Waals surface area contributed by atoms with Gasteiger partial charge < -0.3 is 9.38 Å². The topological polar surface area (TPSA) is 3.24 Å². The van der Waals surface area contributed by atoms with E-state index in [9.17, 15) is 0 Å². The van der Waals surface area contributed by atoms with Crippen LogP contribution in [0, 0.1) is 0 Å². The van der Waals surface area contributed by atoms with Crippen LogP contribution >= 0.6 is 0 Å². The third-order valence-corrected chi connectivity index (χ3v) is 4.43. The Hall–Kier alpha value is -1.02. The minimum absolute atomic E-state index is 0.251. The second-order valence-corrected chi connectivity index (χ2v) is 7.12. The Morgan fingerprint density at radius 2 is 1.78 bits per heavy atom. The van der Waals surface area contributed by atoms with Crippen molar-refractivity contribution in [2.24, 2.45) is 0 Å². The molecular weight excluding hydrogens is 220 g/mol. The molecule has 1 aromatic rings. The Bertz CT molecular complexity index is 429. The summed E-state index contributed by atoms with van der Waals surface area (Å²) in [6, 6.07) is 9.46. The first kappa shape index (κ1) is 13.4. The summed E-state index contributed by atoms with van der Waals surface area (Å²) in [5.41, 5.74) is 3.18. The normalized spacial score (nSPS) is 22.1. The molecule has 0 amide bonds. The van der Waals surface area contributed by atoms with Crippen LogP contribution in [-0.2, 0) is 5.41 Å². The monoisotopic (exact) mass is 247 g/mol. The van der Waals surface area contributed by atoms with E-state index in [2.05, 4.69) is 71.1 Å². The minimum atomic E-state index is 0.251. The van der Waals surface area contributed by atoms with Crippen LogP contribution in [-0.4, -0.2) is 44.8 Å². The molecule has 2 nitrogen and oxygen atoms in total. The van der Waals surface area contributed by atoms with E-state index in [1.165, 1.54) is 17.8 Å². The number of quaternary nitrogens is 1. The average molecular weight is 247 g/mol. The van der Waals surface area contributed by atoms with Crippen molar-refractivity contribution in [1.29, 1.82) is 0 Å². The smallest absolute Gasteiger partial charge is 0.0958 e. The van der Waals surface area contributed by atoms with Crippen molar-refractivity contribution < 1.29 is 4.48 Å². The second kappa shape index (κ2) is 4.27. The Labute approximate surface area is 112 Å². The lowest BCUT2D eigenvalue weighted by Gasteiger charge is -2.34. The van der Waals surface area contributed by atoms with E-state index in [4.69, 9.17) is 0 Å². The molecule has 0 fully saturated rings. The Balaban J connectivity index is 2.28. The molecule has 1 heterocycles. The van der Waals surface area contributed by atoms with Crippen LogP contribution < -0.4 is 4.90 Å². The predicted octanol–water partition coefficient (Wildman–Crippen LogP) is 2.88. The molecule has 1 atom stereocenters. The van der Waals surface area contributed by atoms with E-state index < -0.39 is 0 Å². The Kier molecular flexibility index (Phi) is 3.18. The lowest BCUT2D eigenvalue weighted by atomic mass is 9.81. The molecule has 0 saturated carbocycles. The van der Waals surface area contributed by atoms with Crippen molar-refractivity contribution >= 4 is 5.69 Å². The summed E-state index contributed by atoms with van der Waals surface area (Å²) in [7, 11) is 6.79. The summed E-state index contributed by atoms with van der Waals surface area (Å²) >= 11 is 0. The Morgan fingerprint density at radius 3 is 2.39 bits per heavy atom. The number of nitrogens with zero attached hydrogens (tertiary/aromatic N) is 2. The fourth-order valence-corrected chi connectivity index (χ4v) is 2.81. The molecule has 0 bridgehead atoms. The van der Waals surface area contributed by atoms with Crippen LogP contribution in [0.3, 0.4) is 0 Å². The van der Waals surface area contributed by atoms with Crippen molar-refractivity contribution in [3.05, 3.63) is 29.8 Å². The predicted molar refractivity (Wildman–Crippen MR) is 79.2 cm³/mol. The van der Waals surface area contributed by atoms with Crippen molar-refractivity contribution in [2.45, 2.75) is 32.2 Å². The number of benzene rings is 1. The summed E-state index contributed by atoms with van der Waals surface area (Å²) in [5, 5.41) is 0. The van der Waals surface area contributed by atoms with E-state index in [1.54, 1.807) is 0 Å². The highest BCUT2D eigenvalue weighted by Gasteiger charge is 2.41. The highest BCUT2D eigenvalue weighted by molar-refractivity contribution is 5.63. The molecule has 0 N–H and O–H groups in total. The first-order valence-corrected chi connectivity index (χ1v) is 6.90. The number of rotatable bonds is 3. The van der Waals surface area contributed by atoms with E-state index >= 15 is 0 Å². The quantitative estimate of drug-likeness (QED) is 0.742. The maximum atomic E-state index is 2.58. The zero-order valence-corrected chi connectivity index (χ0v) is 12.7. The first-order valence-electron chi connectivity index (χ1n) is 6.90. The first-order chi connectivity index (χ1) is 8.23. The van der Waals surface area contributed by atoms with E-state index in [0.717, 1.165) is 11.0 Å². The van der Waals surface area contributed by atoms with Crippen LogP contribution in [0.1, 0.15) is 26.3 Å². The van der Waals surface area contributed by atoms with Crippen LogP contribution in [0.15, 0.2) is 24.3 Å². The summed E-state index contributed by atoms with van der Waals surface area (Å²) in [4.78, 5) is 2.58. The average Bonchev–Trinajstić information content (AvgIpc) is 2.45. The Morgan fingerprint density at radius 1 is 1.17 bits per heavy atom. The lowest BCUT2D eigenvalue weighted by Crippen LogP contribution is -2.46. The molecule has 100 valence electrons. The van der Waals surface area contributed by atoms with Gasteiger partial charge in [-0.2, -0.15) is 0 Å². The fourth-order valence-electron chi connectivity index (χ4n) is 2.81. The van der Waals surface area contributed by atoms with Gasteiger partial charge in [0.25, 0.3) is 0 Å². The van der Waals surface area contributed by atoms with E-state index in [-0.39, 0.29) is 5.41 Å². The molecule has 1 unspecified atom stereocenters. The number of anilines is 1. The number of para-hydroxylation sites is 1. The number of likely N-dealkylation sites (N-methyl/N-ethyl adjacent to an activating group) is 1. The largest absolute Gasteiger partial charge is 0.362 e. The zero-order valence-electron chi connectivity index (χ0n) is 12.7. The van der Waals surface area contributed by atoms with Gasteiger partial charge in [0.15, 0.2) is 0 Å². The van der Waals surface area contributed by atoms with Gasteiger partial charge in [-0.05, 0) is 18.6 Å². The maximum Gasteiger partial charge on any atom is 0.0958 e. The van der Waals surface area contributed by atoms with Gasteiger partial charge in [0.05, 0.1) is 34.2 Å². The highest BCUT2D eigenvalue weighted by atomic mass is 15.3. The molecule has 0 radical (unpaired) electrons. The van der Waals surface area contributed by atoms with Gasteiger partial charge in [-0.15, -0.1) is 0 Å². The van der Waals surface area contributed by atoms with E-state index in [0.29, 0.717) is 6.04 Å². The van der Waals surface area contributed by atoms with Crippen molar-refractivity contribution in [3.8, 4) is 0 Å². The van der Waals surface area contributed by atoms with Crippen LogP contribution in [0.2, 0.25) is 0 Å². The molecule has 2 rings (SSSR count). The standard InChI is InChI=1S/C16H27N2/c1-13-16(2,3)14-9-7-8-10-15(14)17(13)11-12-18(4,5)6/h7-10,13H,11-12H2,1-6H3/q+1. The van der Waals surface area contributed by atoms with E-state index in [1.807, 2.05) is 0 Å². The molecule has 0 saturated heterocycles. The van der Waals surface area contributed by atoms with Gasteiger partial charge in [-0.1, -0.05) is 32.0 Å². The molecule has 1 aliphatic heterocycles. The minimum Gasteiger partial charge on any atom is -0.362 e. The van der Waals surface area contributed by atoms with Crippen LogP contribution in [0.5, 0.6) is 0 Å². The fraction of sp³-hybridized carbons (Fsp3) is 0.625. The zero-order chi connectivity index (χ0) is 13.6. The van der Waals surface area contributed by atoms with Gasteiger partial charge in [-0.3, -0.25) is 0 Å². The summed E-state index contributed by atoms with van der Waals surface area (Å²) in [6.07, 6.45) is 0. The molecule has 1 aromatic carbocycles. The molecular formula is C16H27N2+. The number of hydrogen-bond acceptors (Lipinski definition) is 1. The van der Waals surface area contributed by atoms with Crippen LogP contribution in [0.25, 0.3) is 0 Å². The lowest BCUT2D eigenvalue weighted by molar-refractivity contribution is -0.868.